The molecule has 0 atom stereocenters. The molecule has 0 fully saturated rings. The molecule has 1 aromatic carbocycles. The van der Waals surface area contributed by atoms with E-state index in [1.165, 1.54) is 0 Å². The number of carbonyl (C=O) groups excluding carboxylic acids is 1. The lowest BCUT2D eigenvalue weighted by atomic mass is 10.0. The minimum Gasteiger partial charge on any atom is -0.495 e. The summed E-state index contributed by atoms with van der Waals surface area (Å²) in [4.78, 5) is 11.3. The molecule has 20 heavy (non-hydrogen) atoms. The summed E-state index contributed by atoms with van der Waals surface area (Å²) < 4.78 is 85.0. The van der Waals surface area contributed by atoms with Gasteiger partial charge in [0.05, 0.1) is 19.8 Å². The van der Waals surface area contributed by atoms with Crippen molar-refractivity contribution in [2.45, 2.75) is 12.4 Å². The average Bonchev–Trinajstić information content (AvgIpc) is 2.33. The number of rotatable bonds is 2. The number of hydrogen-bond acceptors (Lipinski definition) is 3. The second kappa shape index (κ2) is 5.22. The molecular weight excluding hydrogens is 294 g/mol. The number of hydrogen-bond donors (Lipinski definition) is 0. The minimum absolute atomic E-state index is 0.164. The van der Waals surface area contributed by atoms with Crippen molar-refractivity contribution in [3.8, 4) is 5.75 Å². The van der Waals surface area contributed by atoms with E-state index in [9.17, 15) is 31.1 Å². The van der Waals surface area contributed by atoms with Crippen LogP contribution in [-0.4, -0.2) is 20.2 Å². The van der Waals surface area contributed by atoms with Gasteiger partial charge in [0.1, 0.15) is 16.9 Å². The molecule has 3 nitrogen and oxygen atoms in total. The van der Waals surface area contributed by atoms with Crippen LogP contribution >= 0.6 is 0 Å². The highest BCUT2D eigenvalue weighted by atomic mass is 19.4. The quantitative estimate of drug-likeness (QED) is 0.619. The fourth-order valence-corrected chi connectivity index (χ4v) is 1.58. The van der Waals surface area contributed by atoms with Gasteiger partial charge in [-0.25, -0.2) is 4.79 Å². The Morgan fingerprint density at radius 3 is 1.90 bits per heavy atom. The molecule has 0 N–H and O–H groups in total. The van der Waals surface area contributed by atoms with Crippen LogP contribution in [0, 0.1) is 0 Å². The van der Waals surface area contributed by atoms with Crippen LogP contribution < -0.4 is 4.74 Å². The lowest BCUT2D eigenvalue weighted by Crippen LogP contribution is -2.20. The van der Waals surface area contributed by atoms with E-state index >= 15 is 0 Å². The number of halogens is 6. The zero-order chi connectivity index (χ0) is 15.7. The topological polar surface area (TPSA) is 35.5 Å². The van der Waals surface area contributed by atoms with Crippen LogP contribution in [0.1, 0.15) is 21.5 Å². The van der Waals surface area contributed by atoms with Gasteiger partial charge in [-0.1, -0.05) is 0 Å². The zero-order valence-corrected chi connectivity index (χ0v) is 10.1. The first-order valence-corrected chi connectivity index (χ1v) is 4.97. The predicted molar refractivity (Wildman–Crippen MR) is 54.3 cm³/mol. The highest BCUT2D eigenvalue weighted by molar-refractivity contribution is 5.93. The summed E-state index contributed by atoms with van der Waals surface area (Å²) in [5.41, 5.74) is -4.74. The monoisotopic (exact) mass is 302 g/mol. The van der Waals surface area contributed by atoms with Gasteiger partial charge in [-0.15, -0.1) is 0 Å². The average molecular weight is 302 g/mol. The van der Waals surface area contributed by atoms with Crippen LogP contribution in [0.3, 0.4) is 0 Å². The summed E-state index contributed by atoms with van der Waals surface area (Å²) in [5, 5.41) is 0. The van der Waals surface area contributed by atoms with Crippen LogP contribution in [0.25, 0.3) is 0 Å². The van der Waals surface area contributed by atoms with E-state index in [1.54, 1.807) is 0 Å². The molecule has 9 heteroatoms. The first-order chi connectivity index (χ1) is 9.04. The third-order valence-electron chi connectivity index (χ3n) is 2.36. The number of esters is 1. The van der Waals surface area contributed by atoms with E-state index < -0.39 is 40.8 Å². The molecule has 0 unspecified atom stereocenters. The van der Waals surface area contributed by atoms with Crippen molar-refractivity contribution in [3.63, 3.8) is 0 Å². The van der Waals surface area contributed by atoms with Crippen molar-refractivity contribution < 1.29 is 40.6 Å². The maximum absolute atomic E-state index is 12.8. The number of alkyl halides is 6. The van der Waals surface area contributed by atoms with E-state index in [2.05, 4.69) is 9.47 Å². The van der Waals surface area contributed by atoms with Gasteiger partial charge in [-0.3, -0.25) is 0 Å². The number of benzene rings is 1. The largest absolute Gasteiger partial charge is 0.495 e. The fraction of sp³-hybridized carbons (Fsp3) is 0.364. The van der Waals surface area contributed by atoms with Gasteiger partial charge in [0.2, 0.25) is 0 Å². The van der Waals surface area contributed by atoms with Gasteiger partial charge in [0, 0.05) is 0 Å². The van der Waals surface area contributed by atoms with Crippen molar-refractivity contribution >= 4 is 5.97 Å². The molecule has 0 saturated heterocycles. The lowest BCUT2D eigenvalue weighted by molar-refractivity contribution is -0.163. The first-order valence-electron chi connectivity index (χ1n) is 4.97. The maximum Gasteiger partial charge on any atom is 0.420 e. The van der Waals surface area contributed by atoms with E-state index in [1.807, 2.05) is 0 Å². The van der Waals surface area contributed by atoms with Crippen LogP contribution in [0.4, 0.5) is 26.3 Å². The third kappa shape index (κ3) is 2.97. The van der Waals surface area contributed by atoms with E-state index in [4.69, 9.17) is 0 Å². The van der Waals surface area contributed by atoms with Crippen LogP contribution in [0.15, 0.2) is 12.1 Å². The number of carbonyl (C=O) groups is 1. The molecule has 0 spiro atoms. The smallest absolute Gasteiger partial charge is 0.420 e. The summed E-state index contributed by atoms with van der Waals surface area (Å²) in [7, 11) is 1.61. The van der Waals surface area contributed by atoms with Gasteiger partial charge >= 0.3 is 18.3 Å². The zero-order valence-electron chi connectivity index (χ0n) is 10.1. The number of ether oxygens (including phenoxy) is 2. The summed E-state index contributed by atoms with van der Waals surface area (Å²) in [6, 6.07) is 0.736. The summed E-state index contributed by atoms with van der Waals surface area (Å²) in [5.74, 6) is -2.46. The van der Waals surface area contributed by atoms with E-state index in [-0.39, 0.29) is 6.07 Å². The molecule has 1 rings (SSSR count). The van der Waals surface area contributed by atoms with Gasteiger partial charge in [0.25, 0.3) is 0 Å². The van der Waals surface area contributed by atoms with Gasteiger partial charge in [-0.05, 0) is 12.1 Å². The third-order valence-corrected chi connectivity index (χ3v) is 2.36. The molecule has 0 aliphatic carbocycles. The SMILES string of the molecule is COC(=O)c1ccc(C(F)(F)F)c(C(F)(F)F)c1OC. The molecule has 0 radical (unpaired) electrons. The minimum atomic E-state index is -5.35. The molecule has 0 heterocycles. The van der Waals surface area contributed by atoms with E-state index in [0.717, 1.165) is 14.2 Å². The van der Waals surface area contributed by atoms with Crippen molar-refractivity contribution in [3.05, 3.63) is 28.8 Å². The Morgan fingerprint density at radius 1 is 1.00 bits per heavy atom. The molecule has 0 aliphatic heterocycles. The maximum atomic E-state index is 12.8. The van der Waals surface area contributed by atoms with Crippen molar-refractivity contribution in [2.75, 3.05) is 14.2 Å². The van der Waals surface area contributed by atoms with Gasteiger partial charge in [-0.2, -0.15) is 26.3 Å². The van der Waals surface area contributed by atoms with Gasteiger partial charge in [0.15, 0.2) is 0 Å². The van der Waals surface area contributed by atoms with Crippen molar-refractivity contribution in [1.82, 2.24) is 0 Å². The second-order valence-electron chi connectivity index (χ2n) is 3.56. The Bertz CT molecular complexity index is 518. The van der Waals surface area contributed by atoms with Crippen LogP contribution in [-0.2, 0) is 17.1 Å². The number of methoxy groups -OCH3 is 2. The fourth-order valence-electron chi connectivity index (χ4n) is 1.58. The summed E-state index contributed by atoms with van der Waals surface area (Å²) >= 11 is 0. The Labute approximate surface area is 109 Å². The molecule has 0 amide bonds. The molecule has 112 valence electrons. The van der Waals surface area contributed by atoms with Crippen molar-refractivity contribution in [1.29, 1.82) is 0 Å². The second-order valence-corrected chi connectivity index (χ2v) is 3.56. The Balaban J connectivity index is 3.74. The van der Waals surface area contributed by atoms with Crippen molar-refractivity contribution in [2.24, 2.45) is 0 Å². The van der Waals surface area contributed by atoms with Gasteiger partial charge < -0.3 is 9.47 Å². The molecule has 1 aromatic rings. The molecule has 0 aromatic heterocycles. The highest BCUT2D eigenvalue weighted by Crippen LogP contribution is 2.46. The van der Waals surface area contributed by atoms with E-state index in [0.29, 0.717) is 6.07 Å². The Hall–Kier alpha value is -1.93. The summed E-state index contributed by atoms with van der Waals surface area (Å²) in [6.45, 7) is 0. The highest BCUT2D eigenvalue weighted by Gasteiger charge is 2.46. The van der Waals surface area contributed by atoms with Crippen LogP contribution in [0.2, 0.25) is 0 Å². The Kier molecular flexibility index (Phi) is 4.21. The molecule has 0 aliphatic rings. The Morgan fingerprint density at radius 2 is 1.55 bits per heavy atom. The lowest BCUT2D eigenvalue weighted by Gasteiger charge is -2.20. The normalized spacial score (nSPS) is 12.2. The molecular formula is C11H8F6O3. The first kappa shape index (κ1) is 16.1. The standard InChI is InChI=1S/C11H8F6O3/c1-19-8-5(9(18)20-2)3-4-6(10(12,13)14)7(8)11(15,16)17/h3-4H,1-2H3. The van der Waals surface area contributed by atoms with Crippen LogP contribution in [0.5, 0.6) is 5.75 Å². The predicted octanol–water partition coefficient (Wildman–Crippen LogP) is 3.52. The molecule has 0 saturated carbocycles. The summed E-state index contributed by atoms with van der Waals surface area (Å²) in [6.07, 6.45) is -10.6. The molecule has 0 bridgehead atoms.